The smallest absolute Gasteiger partial charge is 0.326 e. The van der Waals surface area contributed by atoms with Gasteiger partial charge in [0.25, 0.3) is 15.9 Å². The minimum absolute atomic E-state index is 0. The first kappa shape index (κ1) is 31.4. The Balaban J connectivity index is 0.00000423. The van der Waals surface area contributed by atoms with Gasteiger partial charge in [-0.05, 0) is 59.7 Å². The molecule has 0 spiro atoms. The van der Waals surface area contributed by atoms with Crippen LogP contribution in [0.3, 0.4) is 0 Å². The van der Waals surface area contributed by atoms with Crippen molar-refractivity contribution in [1.82, 2.24) is 10.3 Å². The molecule has 1 aromatic heterocycles. The van der Waals surface area contributed by atoms with Crippen LogP contribution in [0.2, 0.25) is 0 Å². The van der Waals surface area contributed by atoms with Gasteiger partial charge in [-0.2, -0.15) is 0 Å². The van der Waals surface area contributed by atoms with Crippen LogP contribution in [-0.4, -0.2) is 44.3 Å². The van der Waals surface area contributed by atoms with Crippen LogP contribution < -0.4 is 15.4 Å². The van der Waals surface area contributed by atoms with E-state index >= 15 is 0 Å². The topological polar surface area (TPSA) is 156 Å². The fourth-order valence-electron chi connectivity index (χ4n) is 4.47. The number of amidine groups is 1. The summed E-state index contributed by atoms with van der Waals surface area (Å²) in [6.45, 7) is 1.49. The summed E-state index contributed by atoms with van der Waals surface area (Å²) >= 11 is 1.40. The van der Waals surface area contributed by atoms with E-state index in [2.05, 4.69) is 10.3 Å². The van der Waals surface area contributed by atoms with Crippen LogP contribution in [0.5, 0.6) is 0 Å². The molecule has 0 radical (unpaired) electrons. The number of amides is 1. The Labute approximate surface area is 258 Å². The number of hydrogen-bond acceptors (Lipinski definition) is 8. The molecule has 5 rings (SSSR count). The third-order valence-corrected chi connectivity index (χ3v) is 9.16. The summed E-state index contributed by atoms with van der Waals surface area (Å²) in [6.07, 6.45) is 0. The van der Waals surface area contributed by atoms with Gasteiger partial charge in [0.15, 0.2) is 0 Å². The number of halogens is 1. The van der Waals surface area contributed by atoms with Crippen LogP contribution in [0, 0.1) is 5.41 Å². The molecule has 0 aliphatic carbocycles. The van der Waals surface area contributed by atoms with Gasteiger partial charge < -0.3 is 15.8 Å². The molecule has 0 bridgehead atoms. The van der Waals surface area contributed by atoms with Gasteiger partial charge >= 0.3 is 5.97 Å². The first-order valence-electron chi connectivity index (χ1n) is 12.9. The molecule has 4 N–H and O–H groups in total. The number of thiazole rings is 1. The van der Waals surface area contributed by atoms with Gasteiger partial charge in [-0.3, -0.25) is 19.3 Å². The van der Waals surface area contributed by atoms with Crippen molar-refractivity contribution >= 4 is 78.2 Å². The monoisotopic (exact) mass is 637 g/mol. The van der Waals surface area contributed by atoms with Crippen molar-refractivity contribution in [2.24, 2.45) is 5.73 Å². The summed E-state index contributed by atoms with van der Waals surface area (Å²) in [5.74, 6) is -1.04. The number of carbonyl (C=O) groups is 2. The number of nitrogens with zero attached hydrogens (tertiary/aromatic N) is 2. The van der Waals surface area contributed by atoms with Crippen LogP contribution in [0.1, 0.15) is 28.4 Å². The van der Waals surface area contributed by atoms with Crippen molar-refractivity contribution in [3.8, 4) is 0 Å². The number of anilines is 1. The number of hydrogen-bond donors (Lipinski definition) is 3. The molecule has 1 heterocycles. The number of esters is 1. The molecule has 222 valence electrons. The van der Waals surface area contributed by atoms with Crippen molar-refractivity contribution in [2.45, 2.75) is 18.4 Å². The lowest BCUT2D eigenvalue weighted by Gasteiger charge is -2.24. The Morgan fingerprint density at radius 1 is 1.05 bits per heavy atom. The normalized spacial score (nSPS) is 11.1. The van der Waals surface area contributed by atoms with E-state index in [1.807, 2.05) is 0 Å². The molecular formula is C30H28ClN5O5S2. The lowest BCUT2D eigenvalue weighted by atomic mass is 10.0. The van der Waals surface area contributed by atoms with E-state index in [0.29, 0.717) is 27.4 Å². The van der Waals surface area contributed by atoms with E-state index in [0.717, 1.165) is 14.6 Å². The van der Waals surface area contributed by atoms with Crippen LogP contribution in [0.25, 0.3) is 21.0 Å². The molecule has 0 unspecified atom stereocenters. The third-order valence-electron chi connectivity index (χ3n) is 6.58. The van der Waals surface area contributed by atoms with E-state index < -0.39 is 22.5 Å². The standard InChI is InChI=1S/C30H27N5O5S2.ClH/c1-2-40-28(36)17-35(42(38,39)23-11-13-27-26(15-23)34-18-41-27)22-10-12-24-21(14-22)4-3-5-25(24)30(37)33-16-19-6-8-20(9-7-19)29(31)32;/h3-15,18H,2,16-17H2,1H3,(H3,31,32)(H,33,37);1H. The average molecular weight is 638 g/mol. The van der Waals surface area contributed by atoms with Gasteiger partial charge in [-0.15, -0.1) is 23.7 Å². The minimum Gasteiger partial charge on any atom is -0.465 e. The molecule has 0 saturated carbocycles. The molecule has 1 amide bonds. The van der Waals surface area contributed by atoms with Crippen LogP contribution in [0.4, 0.5) is 5.69 Å². The van der Waals surface area contributed by atoms with E-state index in [9.17, 15) is 18.0 Å². The quantitative estimate of drug-likeness (QED) is 0.112. The Hall–Kier alpha value is -4.52. The predicted molar refractivity (Wildman–Crippen MR) is 171 cm³/mol. The number of benzene rings is 4. The number of sulfonamides is 1. The maximum Gasteiger partial charge on any atom is 0.326 e. The number of fused-ring (bicyclic) bond motifs is 2. The SMILES string of the molecule is CCOC(=O)CN(c1ccc2c(C(=O)NCc3ccc(C(=N)N)cc3)cccc2c1)S(=O)(=O)c1ccc2scnc2c1.Cl. The second-order valence-corrected chi connectivity index (χ2v) is 12.1. The molecule has 0 fully saturated rings. The predicted octanol–water partition coefficient (Wildman–Crippen LogP) is 4.84. The fraction of sp³-hybridized carbons (Fsp3) is 0.133. The molecular weight excluding hydrogens is 610 g/mol. The summed E-state index contributed by atoms with van der Waals surface area (Å²) in [5.41, 5.74) is 9.77. The maximum absolute atomic E-state index is 13.8. The molecule has 4 aromatic carbocycles. The lowest BCUT2D eigenvalue weighted by molar-refractivity contribution is -0.141. The van der Waals surface area contributed by atoms with Gasteiger partial charge in [-0.25, -0.2) is 13.4 Å². The van der Waals surface area contributed by atoms with Crippen molar-refractivity contribution in [1.29, 1.82) is 5.41 Å². The van der Waals surface area contributed by atoms with E-state index in [1.54, 1.807) is 79.2 Å². The van der Waals surface area contributed by atoms with Gasteiger partial charge in [-0.1, -0.05) is 42.5 Å². The number of ether oxygens (including phenoxy) is 1. The minimum atomic E-state index is -4.18. The Morgan fingerprint density at radius 2 is 1.81 bits per heavy atom. The summed E-state index contributed by atoms with van der Waals surface area (Å²) in [6, 6.07) is 21.7. The van der Waals surface area contributed by atoms with Crippen LogP contribution in [-0.2, 0) is 26.1 Å². The van der Waals surface area contributed by atoms with E-state index in [1.165, 1.54) is 23.5 Å². The highest BCUT2D eigenvalue weighted by Crippen LogP contribution is 2.30. The van der Waals surface area contributed by atoms with Crippen molar-refractivity contribution in [2.75, 3.05) is 17.5 Å². The Bertz CT molecular complexity index is 1930. The molecule has 13 heteroatoms. The number of carbonyl (C=O) groups excluding carboxylic acids is 2. The zero-order valence-corrected chi connectivity index (χ0v) is 25.4. The molecule has 5 aromatic rings. The zero-order valence-electron chi connectivity index (χ0n) is 22.9. The first-order valence-corrected chi connectivity index (χ1v) is 15.3. The summed E-state index contributed by atoms with van der Waals surface area (Å²) in [5, 5.41) is 11.6. The molecule has 0 aliphatic rings. The van der Waals surface area contributed by atoms with E-state index in [4.69, 9.17) is 15.9 Å². The lowest BCUT2D eigenvalue weighted by Crippen LogP contribution is -2.36. The van der Waals surface area contributed by atoms with Gasteiger partial charge in [0.05, 0.1) is 32.9 Å². The molecule has 0 atom stereocenters. The van der Waals surface area contributed by atoms with Crippen molar-refractivity contribution < 1.29 is 22.7 Å². The first-order chi connectivity index (χ1) is 20.2. The average Bonchev–Trinajstić information content (AvgIpc) is 3.46. The Kier molecular flexibility index (Phi) is 9.64. The molecule has 43 heavy (non-hydrogen) atoms. The molecule has 10 nitrogen and oxygen atoms in total. The number of nitrogen functional groups attached to an aromatic ring is 1. The summed E-state index contributed by atoms with van der Waals surface area (Å²) in [4.78, 5) is 29.9. The Morgan fingerprint density at radius 3 is 2.53 bits per heavy atom. The molecule has 0 saturated heterocycles. The van der Waals surface area contributed by atoms with Gasteiger partial charge in [0.1, 0.15) is 12.4 Å². The molecule has 0 aliphatic heterocycles. The number of nitrogens with two attached hydrogens (primary N) is 1. The summed E-state index contributed by atoms with van der Waals surface area (Å²) in [7, 11) is -4.18. The van der Waals surface area contributed by atoms with Gasteiger partial charge in [0.2, 0.25) is 0 Å². The number of aromatic nitrogens is 1. The second kappa shape index (κ2) is 13.2. The second-order valence-electron chi connectivity index (χ2n) is 9.30. The maximum atomic E-state index is 13.8. The van der Waals surface area contributed by atoms with Crippen LogP contribution in [0.15, 0.2) is 89.3 Å². The third kappa shape index (κ3) is 6.77. The number of rotatable bonds is 10. The highest BCUT2D eigenvalue weighted by Gasteiger charge is 2.28. The summed E-state index contributed by atoms with van der Waals surface area (Å²) < 4.78 is 34.6. The van der Waals surface area contributed by atoms with Crippen molar-refractivity contribution in [3.05, 3.63) is 101 Å². The fourth-order valence-corrected chi connectivity index (χ4v) is 6.55. The highest BCUT2D eigenvalue weighted by molar-refractivity contribution is 7.92. The number of nitrogens with one attached hydrogen (secondary N) is 2. The van der Waals surface area contributed by atoms with Crippen LogP contribution >= 0.6 is 23.7 Å². The zero-order chi connectivity index (χ0) is 29.9. The van der Waals surface area contributed by atoms with E-state index in [-0.39, 0.29) is 47.9 Å². The van der Waals surface area contributed by atoms with Crippen molar-refractivity contribution in [3.63, 3.8) is 0 Å². The van der Waals surface area contributed by atoms with Gasteiger partial charge in [0, 0.05) is 17.7 Å². The highest BCUT2D eigenvalue weighted by atomic mass is 35.5. The largest absolute Gasteiger partial charge is 0.465 e.